The van der Waals surface area contributed by atoms with Crippen molar-refractivity contribution in [1.29, 1.82) is 0 Å². The zero-order valence-electron chi connectivity index (χ0n) is 11.3. The summed E-state index contributed by atoms with van der Waals surface area (Å²) >= 11 is 1.43. The van der Waals surface area contributed by atoms with Crippen LogP contribution in [0, 0.1) is 0 Å². The lowest BCUT2D eigenvalue weighted by molar-refractivity contribution is 0.182. The van der Waals surface area contributed by atoms with E-state index in [0.29, 0.717) is 24.6 Å². The van der Waals surface area contributed by atoms with Gasteiger partial charge in [-0.3, -0.25) is 0 Å². The topological polar surface area (TPSA) is 58.6 Å². The molecule has 0 aliphatic carbocycles. The van der Waals surface area contributed by atoms with Gasteiger partial charge in [0.05, 0.1) is 11.5 Å². The maximum absolute atomic E-state index is 12.6. The molecule has 1 heterocycles. The molecule has 0 aliphatic heterocycles. The monoisotopic (exact) mass is 304 g/mol. The van der Waals surface area contributed by atoms with Crippen molar-refractivity contribution in [2.45, 2.75) is 11.4 Å². The number of nitrogens with zero attached hydrogens (tertiary/aromatic N) is 1. The number of hydrogen-bond donors (Lipinski definition) is 1. The Labute approximate surface area is 118 Å². The molecule has 0 unspecified atom stereocenters. The summed E-state index contributed by atoms with van der Waals surface area (Å²) in [4.78, 5) is 1.18. The van der Waals surface area contributed by atoms with Crippen LogP contribution in [0.4, 0.5) is 0 Å². The number of nitrogens with one attached hydrogen (secondary N) is 1. The van der Waals surface area contributed by atoms with Crippen LogP contribution in [0.2, 0.25) is 0 Å². The Morgan fingerprint density at radius 1 is 1.58 bits per heavy atom. The molecule has 5 nitrogen and oxygen atoms in total. The molecule has 19 heavy (non-hydrogen) atoms. The number of rotatable bonds is 9. The summed E-state index contributed by atoms with van der Waals surface area (Å²) in [5.41, 5.74) is 0. The first-order valence-electron chi connectivity index (χ1n) is 5.88. The van der Waals surface area contributed by atoms with Crippen LogP contribution in [0.25, 0.3) is 0 Å². The number of hydrogen-bond acceptors (Lipinski definition) is 5. The van der Waals surface area contributed by atoms with Crippen LogP contribution in [0.1, 0.15) is 4.88 Å². The molecule has 0 radical (unpaired) electrons. The number of methoxy groups -OCH3 is 1. The van der Waals surface area contributed by atoms with Crippen LogP contribution in [0.5, 0.6) is 0 Å². The molecule has 0 saturated carbocycles. The molecule has 0 aromatic carbocycles. The minimum absolute atomic E-state index is 0.278. The molecule has 1 aromatic heterocycles. The van der Waals surface area contributed by atoms with Gasteiger partial charge in [-0.1, -0.05) is 6.08 Å². The van der Waals surface area contributed by atoms with E-state index < -0.39 is 10.0 Å². The molecular weight excluding hydrogens is 284 g/mol. The summed E-state index contributed by atoms with van der Waals surface area (Å²) in [7, 11) is -0.147. The minimum atomic E-state index is -3.49. The van der Waals surface area contributed by atoms with Gasteiger partial charge >= 0.3 is 0 Å². The Morgan fingerprint density at radius 2 is 2.32 bits per heavy atom. The Morgan fingerprint density at radius 3 is 2.89 bits per heavy atom. The fraction of sp³-hybridized carbons (Fsp3) is 0.500. The fourth-order valence-corrected chi connectivity index (χ4v) is 4.46. The van der Waals surface area contributed by atoms with Gasteiger partial charge in [0, 0.05) is 31.6 Å². The van der Waals surface area contributed by atoms with E-state index in [-0.39, 0.29) is 6.54 Å². The van der Waals surface area contributed by atoms with Crippen LogP contribution in [0.15, 0.2) is 29.0 Å². The minimum Gasteiger partial charge on any atom is -0.383 e. The Balaban J connectivity index is 3.03. The first kappa shape index (κ1) is 16.3. The van der Waals surface area contributed by atoms with Crippen LogP contribution in [-0.4, -0.2) is 46.6 Å². The third kappa shape index (κ3) is 4.12. The maximum Gasteiger partial charge on any atom is 0.244 e. The molecule has 0 fully saturated rings. The lowest BCUT2D eigenvalue weighted by Gasteiger charge is -2.20. The average Bonchev–Trinajstić information content (AvgIpc) is 2.83. The highest BCUT2D eigenvalue weighted by Crippen LogP contribution is 2.25. The van der Waals surface area contributed by atoms with Gasteiger partial charge in [0.25, 0.3) is 0 Å². The van der Waals surface area contributed by atoms with Gasteiger partial charge in [-0.15, -0.1) is 17.9 Å². The van der Waals surface area contributed by atoms with Crippen molar-refractivity contribution >= 4 is 21.4 Å². The molecule has 1 rings (SSSR count). The van der Waals surface area contributed by atoms with Crippen LogP contribution < -0.4 is 5.32 Å². The van der Waals surface area contributed by atoms with E-state index in [9.17, 15) is 8.42 Å². The normalized spacial score (nSPS) is 11.9. The Kier molecular flexibility index (Phi) is 6.67. The molecule has 7 heteroatoms. The Hall–Kier alpha value is -0.730. The molecule has 0 aliphatic rings. The summed E-state index contributed by atoms with van der Waals surface area (Å²) in [5.74, 6) is 0. The van der Waals surface area contributed by atoms with Gasteiger partial charge in [-0.25, -0.2) is 8.42 Å². The molecule has 0 spiro atoms. The van der Waals surface area contributed by atoms with Crippen molar-refractivity contribution in [2.24, 2.45) is 0 Å². The number of ether oxygens (including phenoxy) is 1. The molecule has 0 saturated heterocycles. The summed E-state index contributed by atoms with van der Waals surface area (Å²) in [5, 5.41) is 4.77. The lowest BCUT2D eigenvalue weighted by atomic mass is 10.5. The summed E-state index contributed by atoms with van der Waals surface area (Å²) in [6, 6.07) is 1.65. The van der Waals surface area contributed by atoms with Crippen LogP contribution in [-0.2, 0) is 21.3 Å². The Bertz CT molecular complexity index is 497. The second-order valence-electron chi connectivity index (χ2n) is 3.88. The zero-order chi connectivity index (χ0) is 14.3. The van der Waals surface area contributed by atoms with E-state index >= 15 is 0 Å². The predicted molar refractivity (Wildman–Crippen MR) is 77.9 cm³/mol. The van der Waals surface area contributed by atoms with Gasteiger partial charge < -0.3 is 10.1 Å². The van der Waals surface area contributed by atoms with Crippen molar-refractivity contribution in [2.75, 3.05) is 33.9 Å². The molecule has 0 amide bonds. The summed E-state index contributed by atoms with van der Waals surface area (Å²) < 4.78 is 31.5. The predicted octanol–water partition coefficient (Wildman–Crippen LogP) is 1.29. The highest BCUT2D eigenvalue weighted by molar-refractivity contribution is 7.89. The van der Waals surface area contributed by atoms with E-state index in [2.05, 4.69) is 11.9 Å². The molecule has 108 valence electrons. The zero-order valence-corrected chi connectivity index (χ0v) is 12.9. The first-order valence-corrected chi connectivity index (χ1v) is 8.20. The van der Waals surface area contributed by atoms with Crippen molar-refractivity contribution in [3.05, 3.63) is 29.0 Å². The third-order valence-corrected chi connectivity index (χ3v) is 5.54. The average molecular weight is 304 g/mol. The largest absolute Gasteiger partial charge is 0.383 e. The summed E-state index contributed by atoms with van der Waals surface area (Å²) in [6.07, 6.45) is 1.58. The van der Waals surface area contributed by atoms with Crippen molar-refractivity contribution in [3.63, 3.8) is 0 Å². The fourth-order valence-electron chi connectivity index (χ4n) is 1.63. The molecule has 1 aromatic rings. The van der Waals surface area contributed by atoms with Crippen molar-refractivity contribution in [3.8, 4) is 0 Å². The highest BCUT2D eigenvalue weighted by Gasteiger charge is 2.26. The summed E-state index contributed by atoms with van der Waals surface area (Å²) in [6.45, 7) is 5.10. The quantitative estimate of drug-likeness (QED) is 0.699. The second-order valence-corrected chi connectivity index (χ2v) is 6.79. The van der Waals surface area contributed by atoms with E-state index in [4.69, 9.17) is 4.74 Å². The highest BCUT2D eigenvalue weighted by atomic mass is 32.2. The molecule has 1 N–H and O–H groups in total. The van der Waals surface area contributed by atoms with E-state index in [0.717, 1.165) is 4.88 Å². The van der Waals surface area contributed by atoms with E-state index in [1.54, 1.807) is 31.7 Å². The van der Waals surface area contributed by atoms with Crippen molar-refractivity contribution in [1.82, 2.24) is 9.62 Å². The number of sulfonamides is 1. The smallest absolute Gasteiger partial charge is 0.244 e. The maximum atomic E-state index is 12.6. The van der Waals surface area contributed by atoms with Crippen LogP contribution in [0.3, 0.4) is 0 Å². The van der Waals surface area contributed by atoms with Crippen LogP contribution >= 0.6 is 11.3 Å². The molecule has 0 bridgehead atoms. The number of thiophene rings is 1. The second kappa shape index (κ2) is 7.76. The van der Waals surface area contributed by atoms with Gasteiger partial charge in [-0.2, -0.15) is 4.31 Å². The van der Waals surface area contributed by atoms with Gasteiger partial charge in [0.2, 0.25) is 10.0 Å². The first-order chi connectivity index (χ1) is 9.07. The SMILES string of the molecule is C=CCN(CCOC)S(=O)(=O)c1ccsc1CNC. The van der Waals surface area contributed by atoms with Gasteiger partial charge in [0.1, 0.15) is 0 Å². The third-order valence-electron chi connectivity index (χ3n) is 2.54. The van der Waals surface area contributed by atoms with Gasteiger partial charge in [0.15, 0.2) is 0 Å². The van der Waals surface area contributed by atoms with Crippen molar-refractivity contribution < 1.29 is 13.2 Å². The lowest BCUT2D eigenvalue weighted by Crippen LogP contribution is -2.34. The molecular formula is C12H20N2O3S2. The van der Waals surface area contributed by atoms with Gasteiger partial charge in [-0.05, 0) is 18.5 Å². The van der Waals surface area contributed by atoms with E-state index in [1.807, 2.05) is 0 Å². The van der Waals surface area contributed by atoms with E-state index in [1.165, 1.54) is 15.6 Å². The standard InChI is InChI=1S/C12H20N2O3S2/c1-4-6-14(7-8-17-3)19(15,16)12-5-9-18-11(12)10-13-2/h4-5,9,13H,1,6-8,10H2,2-3H3. The molecule has 0 atom stereocenters.